The van der Waals surface area contributed by atoms with Crippen molar-refractivity contribution < 1.29 is 8.42 Å². The third-order valence-corrected chi connectivity index (χ3v) is 4.88. The van der Waals surface area contributed by atoms with Gasteiger partial charge < -0.3 is 5.73 Å². The molecular formula is C12H18N2O2S. The van der Waals surface area contributed by atoms with Crippen LogP contribution in [0.2, 0.25) is 0 Å². The van der Waals surface area contributed by atoms with Crippen molar-refractivity contribution in [3.8, 4) is 0 Å². The minimum absolute atomic E-state index is 0.0860. The Hall–Kier alpha value is -1.07. The van der Waals surface area contributed by atoms with Gasteiger partial charge in [0.15, 0.2) is 0 Å². The Balaban J connectivity index is 2.33. The molecule has 1 aliphatic carbocycles. The monoisotopic (exact) mass is 254 g/mol. The third kappa shape index (κ3) is 2.45. The van der Waals surface area contributed by atoms with Crippen molar-refractivity contribution in [2.75, 3.05) is 5.73 Å². The molecule has 0 radical (unpaired) electrons. The van der Waals surface area contributed by atoms with Gasteiger partial charge in [-0.1, -0.05) is 6.92 Å². The van der Waals surface area contributed by atoms with Gasteiger partial charge in [0.05, 0.1) is 4.90 Å². The number of nitrogens with two attached hydrogens (primary N) is 1. The summed E-state index contributed by atoms with van der Waals surface area (Å²) in [5.74, 6) is 0.439. The van der Waals surface area contributed by atoms with Gasteiger partial charge in [0, 0.05) is 11.7 Å². The van der Waals surface area contributed by atoms with Crippen molar-refractivity contribution >= 4 is 15.7 Å². The number of sulfonamides is 1. The van der Waals surface area contributed by atoms with Gasteiger partial charge in [-0.05, 0) is 49.4 Å². The van der Waals surface area contributed by atoms with Crippen LogP contribution < -0.4 is 10.5 Å². The van der Waals surface area contributed by atoms with E-state index in [4.69, 9.17) is 5.73 Å². The number of rotatable bonds is 3. The van der Waals surface area contributed by atoms with Crippen molar-refractivity contribution in [3.05, 3.63) is 23.3 Å². The summed E-state index contributed by atoms with van der Waals surface area (Å²) >= 11 is 0. The van der Waals surface area contributed by atoms with Crippen LogP contribution in [0.4, 0.5) is 5.69 Å². The minimum Gasteiger partial charge on any atom is -0.398 e. The van der Waals surface area contributed by atoms with Crippen molar-refractivity contribution in [1.29, 1.82) is 0 Å². The number of aryl methyl sites for hydroxylation is 1. The molecule has 1 aromatic rings. The molecule has 4 nitrogen and oxygen atoms in total. The van der Waals surface area contributed by atoms with E-state index in [1.54, 1.807) is 6.07 Å². The van der Waals surface area contributed by atoms with E-state index in [1.807, 2.05) is 20.8 Å². The summed E-state index contributed by atoms with van der Waals surface area (Å²) in [5.41, 5.74) is 8.15. The maximum Gasteiger partial charge on any atom is 0.240 e. The number of nitrogen functional groups attached to an aromatic ring is 1. The Labute approximate surface area is 102 Å². The topological polar surface area (TPSA) is 72.2 Å². The number of hydrogen-bond donors (Lipinski definition) is 2. The molecule has 1 saturated carbocycles. The second-order valence-corrected chi connectivity index (χ2v) is 6.61. The lowest BCUT2D eigenvalue weighted by Gasteiger charge is -2.10. The molecule has 94 valence electrons. The van der Waals surface area contributed by atoms with Gasteiger partial charge >= 0.3 is 0 Å². The average molecular weight is 254 g/mol. The molecule has 5 heteroatoms. The van der Waals surface area contributed by atoms with Crippen LogP contribution in [-0.2, 0) is 10.0 Å². The van der Waals surface area contributed by atoms with E-state index in [0.717, 1.165) is 17.5 Å². The van der Waals surface area contributed by atoms with Crippen LogP contribution in [0.3, 0.4) is 0 Å². The van der Waals surface area contributed by atoms with E-state index in [2.05, 4.69) is 4.72 Å². The zero-order valence-corrected chi connectivity index (χ0v) is 11.1. The molecule has 0 heterocycles. The van der Waals surface area contributed by atoms with E-state index in [1.165, 1.54) is 6.07 Å². The molecule has 1 aromatic carbocycles. The van der Waals surface area contributed by atoms with Gasteiger partial charge in [-0.15, -0.1) is 0 Å². The Bertz CT molecular complexity index is 529. The lowest BCUT2D eigenvalue weighted by Crippen LogP contribution is -2.27. The van der Waals surface area contributed by atoms with Gasteiger partial charge in [0.1, 0.15) is 0 Å². The first-order valence-corrected chi connectivity index (χ1v) is 7.18. The molecule has 0 spiro atoms. The molecule has 0 aromatic heterocycles. The Morgan fingerprint density at radius 2 is 1.94 bits per heavy atom. The number of hydrogen-bond acceptors (Lipinski definition) is 3. The zero-order chi connectivity index (χ0) is 12.8. The zero-order valence-electron chi connectivity index (χ0n) is 10.3. The van der Waals surface area contributed by atoms with Crippen molar-refractivity contribution in [3.63, 3.8) is 0 Å². The molecule has 0 aliphatic heterocycles. The Morgan fingerprint density at radius 3 is 2.41 bits per heavy atom. The van der Waals surface area contributed by atoms with Crippen LogP contribution >= 0.6 is 0 Å². The molecule has 3 N–H and O–H groups in total. The number of nitrogens with one attached hydrogen (secondary N) is 1. The lowest BCUT2D eigenvalue weighted by molar-refractivity contribution is 0.578. The molecule has 1 fully saturated rings. The van der Waals surface area contributed by atoms with Crippen molar-refractivity contribution in [1.82, 2.24) is 4.72 Å². The predicted molar refractivity (Wildman–Crippen MR) is 68.2 cm³/mol. The fourth-order valence-corrected chi connectivity index (χ4v) is 3.24. The Kier molecular flexibility index (Phi) is 2.91. The summed E-state index contributed by atoms with van der Waals surface area (Å²) in [4.78, 5) is 0.261. The maximum absolute atomic E-state index is 12.1. The average Bonchev–Trinajstić information content (AvgIpc) is 2.89. The summed E-state index contributed by atoms with van der Waals surface area (Å²) in [7, 11) is -3.42. The smallest absolute Gasteiger partial charge is 0.240 e. The van der Waals surface area contributed by atoms with Crippen LogP contribution in [-0.4, -0.2) is 14.5 Å². The van der Waals surface area contributed by atoms with Gasteiger partial charge in [-0.25, -0.2) is 13.1 Å². The Morgan fingerprint density at radius 1 is 1.35 bits per heavy atom. The summed E-state index contributed by atoms with van der Waals surface area (Å²) < 4.78 is 26.8. The molecule has 0 bridgehead atoms. The quantitative estimate of drug-likeness (QED) is 0.804. The first-order valence-electron chi connectivity index (χ1n) is 5.70. The molecule has 2 atom stereocenters. The molecule has 17 heavy (non-hydrogen) atoms. The minimum atomic E-state index is -3.42. The van der Waals surface area contributed by atoms with Crippen LogP contribution in [0.5, 0.6) is 0 Å². The SMILES string of the molecule is Cc1cc(S(=O)(=O)NC2CC2C)cc(N)c1C. The normalized spacial score (nSPS) is 23.7. The van der Waals surface area contributed by atoms with Gasteiger partial charge in [0.25, 0.3) is 0 Å². The molecular weight excluding hydrogens is 236 g/mol. The second-order valence-electron chi connectivity index (χ2n) is 4.90. The highest BCUT2D eigenvalue weighted by Crippen LogP contribution is 2.31. The van der Waals surface area contributed by atoms with E-state index in [-0.39, 0.29) is 10.9 Å². The van der Waals surface area contributed by atoms with E-state index < -0.39 is 10.0 Å². The van der Waals surface area contributed by atoms with Crippen LogP contribution in [0, 0.1) is 19.8 Å². The second kappa shape index (κ2) is 3.99. The van der Waals surface area contributed by atoms with Crippen molar-refractivity contribution in [2.45, 2.75) is 38.1 Å². The van der Waals surface area contributed by atoms with Gasteiger partial charge in [-0.3, -0.25) is 0 Å². The third-order valence-electron chi connectivity index (χ3n) is 3.41. The van der Waals surface area contributed by atoms with E-state index >= 15 is 0 Å². The molecule has 0 saturated heterocycles. The first kappa shape index (κ1) is 12.4. The summed E-state index contributed by atoms with van der Waals surface area (Å²) in [6, 6.07) is 3.28. The fraction of sp³-hybridized carbons (Fsp3) is 0.500. The highest BCUT2D eigenvalue weighted by molar-refractivity contribution is 7.89. The highest BCUT2D eigenvalue weighted by Gasteiger charge is 2.36. The maximum atomic E-state index is 12.1. The van der Waals surface area contributed by atoms with Crippen LogP contribution in [0.1, 0.15) is 24.5 Å². The first-order chi connectivity index (χ1) is 7.81. The van der Waals surface area contributed by atoms with Gasteiger partial charge in [0.2, 0.25) is 10.0 Å². The van der Waals surface area contributed by atoms with E-state index in [9.17, 15) is 8.42 Å². The predicted octanol–water partition coefficient (Wildman–Crippen LogP) is 1.57. The lowest BCUT2D eigenvalue weighted by atomic mass is 10.1. The molecule has 2 rings (SSSR count). The summed E-state index contributed by atoms with van der Waals surface area (Å²) in [6.45, 7) is 5.78. The molecule has 1 aliphatic rings. The number of anilines is 1. The van der Waals surface area contributed by atoms with Crippen molar-refractivity contribution in [2.24, 2.45) is 5.92 Å². The fourth-order valence-electron chi connectivity index (χ4n) is 1.76. The largest absolute Gasteiger partial charge is 0.398 e. The summed E-state index contributed by atoms with van der Waals surface area (Å²) in [6.07, 6.45) is 0.916. The van der Waals surface area contributed by atoms with Crippen LogP contribution in [0.15, 0.2) is 17.0 Å². The standard InChI is InChI=1S/C12H18N2O2S/c1-7-4-10(6-11(13)9(7)3)17(15,16)14-12-5-8(12)2/h4,6,8,12,14H,5,13H2,1-3H3. The molecule has 0 amide bonds. The van der Waals surface area contributed by atoms with E-state index in [0.29, 0.717) is 11.6 Å². The summed E-state index contributed by atoms with van der Waals surface area (Å²) in [5, 5.41) is 0. The highest BCUT2D eigenvalue weighted by atomic mass is 32.2. The number of benzene rings is 1. The van der Waals surface area contributed by atoms with Gasteiger partial charge in [-0.2, -0.15) is 0 Å². The molecule has 2 unspecified atom stereocenters. The van der Waals surface area contributed by atoms with Crippen LogP contribution in [0.25, 0.3) is 0 Å².